The van der Waals surface area contributed by atoms with Crippen LogP contribution in [0.25, 0.3) is 67.7 Å². The van der Waals surface area contributed by atoms with Gasteiger partial charge in [-0.3, -0.25) is 4.98 Å². The Balaban J connectivity index is 1.08. The fourth-order valence-electron chi connectivity index (χ4n) is 7.62. The van der Waals surface area contributed by atoms with E-state index >= 15 is 0 Å². The van der Waals surface area contributed by atoms with Crippen LogP contribution in [0.5, 0.6) is 23.0 Å². The lowest BCUT2D eigenvalue weighted by molar-refractivity contribution is 0.360. The molecule has 6 nitrogen and oxygen atoms in total. The highest BCUT2D eigenvalue weighted by Gasteiger charge is 2.39. The van der Waals surface area contributed by atoms with Gasteiger partial charge in [0, 0.05) is 39.4 Å². The van der Waals surface area contributed by atoms with Crippen LogP contribution in [-0.4, -0.2) is 19.9 Å². The Bertz CT molecular complexity index is 2710. The standard InChI is InChI=1S/C47H32N4O2/c1-47(2)36-20-9-8-19-35(36)42-37(47)23-25-40-43(42)53-41-28-30(22-24-39(41)52-40)33-17-6-7-18-34(33)46-50-44(29-13-4-3-5-14-29)49-45(51-46)32-16-12-15-31(27-32)38-21-10-11-26-48-38/h3-28H,1-2H3. The van der Waals surface area contributed by atoms with Gasteiger partial charge in [-0.2, -0.15) is 0 Å². The van der Waals surface area contributed by atoms with E-state index in [0.717, 1.165) is 56.1 Å². The van der Waals surface area contributed by atoms with Gasteiger partial charge in [-0.25, -0.2) is 15.0 Å². The lowest BCUT2D eigenvalue weighted by Gasteiger charge is -2.25. The van der Waals surface area contributed by atoms with Gasteiger partial charge in [0.1, 0.15) is 0 Å². The van der Waals surface area contributed by atoms with Crippen LogP contribution in [0, 0.1) is 0 Å². The molecule has 0 N–H and O–H groups in total. The minimum atomic E-state index is -0.146. The first-order valence-corrected chi connectivity index (χ1v) is 17.7. The van der Waals surface area contributed by atoms with Gasteiger partial charge in [0.05, 0.1) is 5.69 Å². The molecule has 53 heavy (non-hydrogen) atoms. The van der Waals surface area contributed by atoms with Crippen LogP contribution in [0.15, 0.2) is 158 Å². The zero-order valence-electron chi connectivity index (χ0n) is 29.1. The average molecular weight is 685 g/mol. The lowest BCUT2D eigenvalue weighted by Crippen LogP contribution is -2.15. The van der Waals surface area contributed by atoms with Crippen LogP contribution >= 0.6 is 0 Å². The van der Waals surface area contributed by atoms with Crippen molar-refractivity contribution in [2.75, 3.05) is 0 Å². The van der Waals surface area contributed by atoms with Gasteiger partial charge in [-0.05, 0) is 64.2 Å². The molecule has 0 radical (unpaired) electrons. The van der Waals surface area contributed by atoms with E-state index in [-0.39, 0.29) is 5.41 Å². The van der Waals surface area contributed by atoms with Crippen LogP contribution in [0.3, 0.4) is 0 Å². The van der Waals surface area contributed by atoms with E-state index < -0.39 is 0 Å². The second kappa shape index (κ2) is 12.1. The van der Waals surface area contributed by atoms with Crippen LogP contribution in [-0.2, 0) is 5.41 Å². The molecule has 0 unspecified atom stereocenters. The van der Waals surface area contributed by atoms with Crippen LogP contribution in [0.1, 0.15) is 25.0 Å². The van der Waals surface area contributed by atoms with Crippen LogP contribution in [0.2, 0.25) is 0 Å². The molecule has 10 rings (SSSR count). The molecule has 0 saturated heterocycles. The van der Waals surface area contributed by atoms with E-state index in [1.165, 1.54) is 16.7 Å². The molecule has 0 bridgehead atoms. The SMILES string of the molecule is CC1(C)c2ccccc2-c2c1ccc1c2Oc2cc(-c3ccccc3-c3nc(-c4ccccc4)nc(-c4cccc(-c5ccccn5)c4)n3)ccc2O1. The van der Waals surface area contributed by atoms with Crippen molar-refractivity contribution in [2.24, 2.45) is 0 Å². The molecule has 2 aromatic heterocycles. The van der Waals surface area contributed by atoms with Crippen molar-refractivity contribution in [1.29, 1.82) is 0 Å². The van der Waals surface area contributed by atoms with E-state index in [9.17, 15) is 0 Å². The molecule has 0 amide bonds. The number of hydrogen-bond acceptors (Lipinski definition) is 6. The topological polar surface area (TPSA) is 70.0 Å². The summed E-state index contributed by atoms with van der Waals surface area (Å²) < 4.78 is 13.3. The number of rotatable bonds is 5. The molecule has 1 aliphatic carbocycles. The minimum absolute atomic E-state index is 0.146. The van der Waals surface area contributed by atoms with Crippen molar-refractivity contribution in [3.8, 4) is 90.7 Å². The Kier molecular flexibility index (Phi) is 7.05. The first-order chi connectivity index (χ1) is 26.0. The molecule has 0 fully saturated rings. The Hall–Kier alpha value is -6.92. The number of nitrogens with zero attached hydrogens (tertiary/aromatic N) is 4. The van der Waals surface area contributed by atoms with Crippen LogP contribution < -0.4 is 9.47 Å². The van der Waals surface area contributed by atoms with Crippen molar-refractivity contribution in [3.63, 3.8) is 0 Å². The highest BCUT2D eigenvalue weighted by Crippen LogP contribution is 2.58. The second-order valence-electron chi connectivity index (χ2n) is 13.9. The van der Waals surface area contributed by atoms with Gasteiger partial charge in [-0.15, -0.1) is 0 Å². The molecular formula is C47H32N4O2. The van der Waals surface area contributed by atoms with Crippen molar-refractivity contribution in [1.82, 2.24) is 19.9 Å². The summed E-state index contributed by atoms with van der Waals surface area (Å²) in [4.78, 5) is 19.7. The van der Waals surface area contributed by atoms with Gasteiger partial charge in [0.25, 0.3) is 0 Å². The van der Waals surface area contributed by atoms with E-state index in [1.54, 1.807) is 6.20 Å². The Labute approximate surface area is 307 Å². The molecule has 1 aliphatic heterocycles. The molecular weight excluding hydrogens is 653 g/mol. The maximum atomic E-state index is 6.81. The molecule has 0 atom stereocenters. The molecule has 8 aromatic rings. The number of fused-ring (bicyclic) bond motifs is 6. The largest absolute Gasteiger partial charge is 0.449 e. The summed E-state index contributed by atoms with van der Waals surface area (Å²) >= 11 is 0. The molecule has 3 heterocycles. The molecule has 0 saturated carbocycles. The fraction of sp³-hybridized carbons (Fsp3) is 0.0638. The van der Waals surface area contributed by atoms with E-state index in [1.807, 2.05) is 84.9 Å². The van der Waals surface area contributed by atoms with E-state index in [0.29, 0.717) is 29.0 Å². The highest BCUT2D eigenvalue weighted by molar-refractivity contribution is 5.89. The Morgan fingerprint density at radius 2 is 1.11 bits per heavy atom. The fourth-order valence-corrected chi connectivity index (χ4v) is 7.62. The average Bonchev–Trinajstić information content (AvgIpc) is 3.46. The third-order valence-corrected chi connectivity index (χ3v) is 10.3. The number of pyridine rings is 1. The maximum Gasteiger partial charge on any atom is 0.178 e. The smallest absolute Gasteiger partial charge is 0.178 e. The summed E-state index contributed by atoms with van der Waals surface area (Å²) in [6.07, 6.45) is 1.80. The summed E-state index contributed by atoms with van der Waals surface area (Å²) in [7, 11) is 0. The zero-order valence-corrected chi connectivity index (χ0v) is 29.1. The van der Waals surface area contributed by atoms with Crippen molar-refractivity contribution in [3.05, 3.63) is 169 Å². The highest BCUT2D eigenvalue weighted by atomic mass is 16.6. The zero-order chi connectivity index (χ0) is 35.5. The molecule has 0 spiro atoms. The number of hydrogen-bond donors (Lipinski definition) is 0. The van der Waals surface area contributed by atoms with E-state index in [4.69, 9.17) is 24.4 Å². The summed E-state index contributed by atoms with van der Waals surface area (Å²) in [6, 6.07) is 51.2. The first kappa shape index (κ1) is 30.9. The van der Waals surface area contributed by atoms with Crippen molar-refractivity contribution < 1.29 is 9.47 Å². The maximum absolute atomic E-state index is 6.81. The monoisotopic (exact) mass is 684 g/mol. The van der Waals surface area contributed by atoms with Crippen molar-refractivity contribution in [2.45, 2.75) is 19.3 Å². The Morgan fingerprint density at radius 1 is 0.434 bits per heavy atom. The predicted molar refractivity (Wildman–Crippen MR) is 209 cm³/mol. The summed E-state index contributed by atoms with van der Waals surface area (Å²) in [5, 5.41) is 0. The minimum Gasteiger partial charge on any atom is -0.449 e. The third kappa shape index (κ3) is 5.18. The van der Waals surface area contributed by atoms with Crippen LogP contribution in [0.4, 0.5) is 0 Å². The number of benzene rings is 6. The van der Waals surface area contributed by atoms with Crippen molar-refractivity contribution >= 4 is 0 Å². The molecule has 252 valence electrons. The van der Waals surface area contributed by atoms with Gasteiger partial charge >= 0.3 is 0 Å². The third-order valence-electron chi connectivity index (χ3n) is 10.3. The molecule has 6 aromatic carbocycles. The molecule has 6 heteroatoms. The summed E-state index contributed by atoms with van der Waals surface area (Å²) in [5.74, 6) is 4.55. The summed E-state index contributed by atoms with van der Waals surface area (Å²) in [6.45, 7) is 4.54. The number of ether oxygens (including phenoxy) is 2. The van der Waals surface area contributed by atoms with Gasteiger partial charge in [-0.1, -0.05) is 129 Å². The first-order valence-electron chi connectivity index (χ1n) is 17.7. The predicted octanol–water partition coefficient (Wildman–Crippen LogP) is 11.8. The van der Waals surface area contributed by atoms with Gasteiger partial charge in [0.15, 0.2) is 40.5 Å². The normalized spacial score (nSPS) is 13.2. The summed E-state index contributed by atoms with van der Waals surface area (Å²) in [5.41, 5.74) is 11.1. The van der Waals surface area contributed by atoms with Gasteiger partial charge in [0.2, 0.25) is 0 Å². The molecule has 2 aliphatic rings. The number of aromatic nitrogens is 4. The van der Waals surface area contributed by atoms with Gasteiger partial charge < -0.3 is 9.47 Å². The second-order valence-corrected chi connectivity index (χ2v) is 13.9. The lowest BCUT2D eigenvalue weighted by atomic mass is 9.82. The quantitative estimate of drug-likeness (QED) is 0.180. The van der Waals surface area contributed by atoms with E-state index in [2.05, 4.69) is 85.6 Å². The Morgan fingerprint density at radius 3 is 1.94 bits per heavy atom.